The Morgan fingerprint density at radius 1 is 1.02 bits per heavy atom. The number of nitrogens with zero attached hydrogens (tertiary/aromatic N) is 6. The molecular formula is C28H34Cl2N8O4S. The van der Waals surface area contributed by atoms with E-state index in [1.54, 1.807) is 18.5 Å². The minimum Gasteiger partial charge on any atom is -0.436 e. The van der Waals surface area contributed by atoms with Crippen LogP contribution in [-0.2, 0) is 22.6 Å². The highest BCUT2D eigenvalue weighted by Crippen LogP contribution is 2.30. The maximum atomic E-state index is 12.0. The second kappa shape index (κ2) is 14.7. The summed E-state index contributed by atoms with van der Waals surface area (Å²) in [5, 5.41) is 3.94. The average molecular weight is 650 g/mol. The summed E-state index contributed by atoms with van der Waals surface area (Å²) in [5.41, 5.74) is 2.43. The van der Waals surface area contributed by atoms with Gasteiger partial charge in [-0.3, -0.25) is 14.2 Å². The Hall–Kier alpha value is -2.91. The second-order valence-corrected chi connectivity index (χ2v) is 12.3. The number of aromatic nitrogens is 3. The Morgan fingerprint density at radius 2 is 1.70 bits per heavy atom. The zero-order valence-corrected chi connectivity index (χ0v) is 26.0. The molecule has 3 N–H and O–H groups in total. The third kappa shape index (κ3) is 9.29. The van der Waals surface area contributed by atoms with E-state index < -0.39 is 11.3 Å². The number of anilines is 1. The van der Waals surface area contributed by atoms with Crippen LogP contribution in [0.5, 0.6) is 11.6 Å². The Morgan fingerprint density at radius 3 is 2.35 bits per heavy atom. The predicted octanol–water partition coefficient (Wildman–Crippen LogP) is 3.20. The highest BCUT2D eigenvalue weighted by atomic mass is 35.5. The van der Waals surface area contributed by atoms with Gasteiger partial charge in [0.1, 0.15) is 0 Å². The van der Waals surface area contributed by atoms with Gasteiger partial charge in [-0.15, -0.1) is 0 Å². The quantitative estimate of drug-likeness (QED) is 0.281. The van der Waals surface area contributed by atoms with Crippen LogP contribution in [0.1, 0.15) is 18.4 Å². The van der Waals surface area contributed by atoms with Gasteiger partial charge in [-0.2, -0.15) is 0 Å². The number of ether oxygens (including phenoxy) is 1. The summed E-state index contributed by atoms with van der Waals surface area (Å²) >= 11 is 10.4. The average Bonchev–Trinajstić information content (AvgIpc) is 2.97. The van der Waals surface area contributed by atoms with Crippen molar-refractivity contribution in [3.8, 4) is 22.9 Å². The van der Waals surface area contributed by atoms with Crippen LogP contribution in [-0.4, -0.2) is 98.3 Å². The van der Waals surface area contributed by atoms with E-state index in [2.05, 4.69) is 41.8 Å². The maximum absolute atomic E-state index is 12.0. The van der Waals surface area contributed by atoms with Gasteiger partial charge in [-0.05, 0) is 49.7 Å². The molecule has 2 aliphatic rings. The fraction of sp³-hybridized carbons (Fsp3) is 0.429. The number of carbonyl (C=O) groups is 1. The number of benzene rings is 1. The van der Waals surface area contributed by atoms with Crippen molar-refractivity contribution in [2.24, 2.45) is 0 Å². The highest BCUT2D eigenvalue weighted by Gasteiger charge is 2.22. The fourth-order valence-electron chi connectivity index (χ4n) is 5.10. The zero-order chi connectivity index (χ0) is 30.3. The molecule has 1 aromatic carbocycles. The summed E-state index contributed by atoms with van der Waals surface area (Å²) in [7, 11) is 2.11. The Kier molecular flexibility index (Phi) is 10.8. The molecular weight excluding hydrogens is 615 g/mol. The summed E-state index contributed by atoms with van der Waals surface area (Å²) in [6, 6.07) is 9.20. The van der Waals surface area contributed by atoms with Crippen LogP contribution in [0.25, 0.3) is 11.3 Å². The molecule has 2 fully saturated rings. The molecule has 0 radical (unpaired) electrons. The van der Waals surface area contributed by atoms with Crippen molar-refractivity contribution >= 4 is 46.3 Å². The van der Waals surface area contributed by atoms with Crippen molar-refractivity contribution in [3.63, 3.8) is 0 Å². The number of likely N-dealkylation sites (N-methyl/N-ethyl adjacent to an activating group) is 1. The van der Waals surface area contributed by atoms with Gasteiger partial charge in [-0.25, -0.2) is 23.9 Å². The van der Waals surface area contributed by atoms with E-state index in [0.717, 1.165) is 63.2 Å². The lowest BCUT2D eigenvalue weighted by atomic mass is 10.0. The van der Waals surface area contributed by atoms with Crippen LogP contribution < -0.4 is 19.7 Å². The molecule has 4 heterocycles. The monoisotopic (exact) mass is 648 g/mol. The lowest BCUT2D eigenvalue weighted by Crippen LogP contribution is -2.46. The van der Waals surface area contributed by atoms with Crippen molar-refractivity contribution < 1.29 is 18.3 Å². The standard InChI is InChI=1S/C28H34Cl2N8O4S/c1-36-6-8-38(9-7-36)28-31-15-24(16-32-28)42-27-11-19(10-25(35-27)20-12-21(29)14-22(30)13-20)18-37-4-2-23(3-5-37)34-26(39)17-33-43(40)41/h10-16,23,33H,2-9,17-18H2,1H3,(H,34,39)(H,40,41). The molecule has 43 heavy (non-hydrogen) atoms. The number of likely N-dealkylation sites (tertiary alicyclic amines) is 1. The minimum absolute atomic E-state index is 0.00648. The maximum Gasteiger partial charge on any atom is 0.235 e. The molecule has 2 aromatic heterocycles. The predicted molar refractivity (Wildman–Crippen MR) is 167 cm³/mol. The highest BCUT2D eigenvalue weighted by molar-refractivity contribution is 7.77. The van der Waals surface area contributed by atoms with E-state index in [-0.39, 0.29) is 18.5 Å². The fourth-order valence-corrected chi connectivity index (χ4v) is 5.89. The first-order valence-corrected chi connectivity index (χ1v) is 15.8. The van der Waals surface area contributed by atoms with Gasteiger partial charge < -0.3 is 19.9 Å². The van der Waals surface area contributed by atoms with E-state index in [4.69, 9.17) is 37.5 Å². The normalized spacial score (nSPS) is 17.5. The summed E-state index contributed by atoms with van der Waals surface area (Å²) in [6.07, 6.45) is 4.85. The SMILES string of the molecule is CN1CCN(c2ncc(Oc3cc(CN4CCC(NC(=O)CNS(=O)O)CC4)cc(-c4cc(Cl)cc(Cl)c4)n3)cn2)CC1. The molecule has 12 nitrogen and oxygen atoms in total. The number of pyridine rings is 1. The molecule has 1 amide bonds. The lowest BCUT2D eigenvalue weighted by Gasteiger charge is -2.32. The van der Waals surface area contributed by atoms with E-state index in [9.17, 15) is 9.00 Å². The number of amides is 1. The second-order valence-electron chi connectivity index (χ2n) is 10.7. The van der Waals surface area contributed by atoms with Crippen molar-refractivity contribution in [3.05, 3.63) is 58.3 Å². The van der Waals surface area contributed by atoms with Crippen molar-refractivity contribution in [2.75, 3.05) is 57.8 Å². The number of halogens is 2. The molecule has 0 aliphatic carbocycles. The molecule has 1 atom stereocenters. The Bertz CT molecular complexity index is 1410. The number of nitrogens with one attached hydrogen (secondary N) is 2. The van der Waals surface area contributed by atoms with Crippen molar-refractivity contribution in [1.29, 1.82) is 0 Å². The number of hydrogen-bond acceptors (Lipinski definition) is 9. The van der Waals surface area contributed by atoms with Crippen LogP contribution in [0.2, 0.25) is 10.0 Å². The van der Waals surface area contributed by atoms with Crippen LogP contribution in [0.15, 0.2) is 42.7 Å². The summed E-state index contributed by atoms with van der Waals surface area (Å²) in [5.74, 6) is 1.25. The third-order valence-corrected chi connectivity index (χ3v) is 8.19. The van der Waals surface area contributed by atoms with Gasteiger partial charge in [0.05, 0.1) is 24.6 Å². The minimum atomic E-state index is -2.22. The Labute approximate surface area is 263 Å². The summed E-state index contributed by atoms with van der Waals surface area (Å²) in [6.45, 7) is 5.65. The van der Waals surface area contributed by atoms with Crippen molar-refractivity contribution in [2.45, 2.75) is 25.4 Å². The molecule has 0 saturated carbocycles. The van der Waals surface area contributed by atoms with Gasteiger partial charge in [0.15, 0.2) is 5.75 Å². The van der Waals surface area contributed by atoms with E-state index in [1.165, 1.54) is 0 Å². The topological polar surface area (TPSA) is 136 Å². The zero-order valence-electron chi connectivity index (χ0n) is 23.7. The molecule has 2 saturated heterocycles. The number of rotatable bonds is 10. The van der Waals surface area contributed by atoms with Gasteiger partial charge in [0.25, 0.3) is 0 Å². The van der Waals surface area contributed by atoms with Crippen LogP contribution in [0, 0.1) is 0 Å². The molecule has 5 rings (SSSR count). The number of hydrogen-bond donors (Lipinski definition) is 3. The van der Waals surface area contributed by atoms with Gasteiger partial charge in [-0.1, -0.05) is 23.2 Å². The van der Waals surface area contributed by atoms with E-state index >= 15 is 0 Å². The lowest BCUT2D eigenvalue weighted by molar-refractivity contribution is -0.121. The van der Waals surface area contributed by atoms with Crippen LogP contribution in [0.3, 0.4) is 0 Å². The number of carbonyl (C=O) groups excluding carboxylic acids is 1. The van der Waals surface area contributed by atoms with E-state index in [1.807, 2.05) is 24.3 Å². The van der Waals surface area contributed by atoms with Gasteiger partial charge >= 0.3 is 0 Å². The van der Waals surface area contributed by atoms with Gasteiger partial charge in [0.2, 0.25) is 29.0 Å². The van der Waals surface area contributed by atoms with Crippen LogP contribution >= 0.6 is 23.2 Å². The molecule has 230 valence electrons. The first-order chi connectivity index (χ1) is 20.7. The van der Waals surface area contributed by atoms with Crippen molar-refractivity contribution in [1.82, 2.24) is 34.8 Å². The van der Waals surface area contributed by atoms with Crippen LogP contribution in [0.4, 0.5) is 5.95 Å². The molecule has 3 aromatic rings. The third-order valence-electron chi connectivity index (χ3n) is 7.36. The molecule has 0 bridgehead atoms. The summed E-state index contributed by atoms with van der Waals surface area (Å²) < 4.78 is 27.9. The first kappa shape index (κ1) is 31.5. The largest absolute Gasteiger partial charge is 0.436 e. The molecule has 1 unspecified atom stereocenters. The summed E-state index contributed by atoms with van der Waals surface area (Å²) in [4.78, 5) is 32.6. The molecule has 0 spiro atoms. The van der Waals surface area contributed by atoms with E-state index in [0.29, 0.717) is 39.9 Å². The Balaban J connectivity index is 1.28. The molecule has 15 heteroatoms. The number of piperidine rings is 1. The van der Waals surface area contributed by atoms with Gasteiger partial charge in [0, 0.05) is 73.5 Å². The molecule has 2 aliphatic heterocycles. The smallest absolute Gasteiger partial charge is 0.235 e. The first-order valence-electron chi connectivity index (χ1n) is 14.0. The number of piperazine rings is 1.